The molecule has 0 aromatic heterocycles. The number of nitrogens with zero attached hydrogens (tertiary/aromatic N) is 1. The molecule has 1 aromatic rings. The van der Waals surface area contributed by atoms with E-state index in [-0.39, 0.29) is 5.92 Å². The van der Waals surface area contributed by atoms with Crippen molar-refractivity contribution in [2.45, 2.75) is 19.3 Å². The standard InChI is InChI=1S/C14H15NO2/c16-14(17)12-6-11-5-9-3-1-2-4-10(9)7-13(11)15-8-12/h1-4,11-12H,5-8H2,(H,16,17). The predicted octanol–water partition coefficient (Wildman–Crippen LogP) is 1.95. The van der Waals surface area contributed by atoms with Crippen molar-refractivity contribution in [2.24, 2.45) is 16.8 Å². The molecule has 0 saturated heterocycles. The Kier molecular flexibility index (Phi) is 2.46. The van der Waals surface area contributed by atoms with Crippen LogP contribution in [0.4, 0.5) is 0 Å². The normalized spacial score (nSPS) is 26.7. The fourth-order valence-electron chi connectivity index (χ4n) is 2.88. The van der Waals surface area contributed by atoms with Crippen LogP contribution in [0, 0.1) is 11.8 Å². The number of rotatable bonds is 1. The first kappa shape index (κ1) is 10.5. The van der Waals surface area contributed by atoms with Crippen LogP contribution in [0.2, 0.25) is 0 Å². The maximum Gasteiger partial charge on any atom is 0.308 e. The second-order valence-corrected chi connectivity index (χ2v) is 4.95. The van der Waals surface area contributed by atoms with E-state index in [2.05, 4.69) is 29.3 Å². The lowest BCUT2D eigenvalue weighted by molar-refractivity contribution is -0.141. The van der Waals surface area contributed by atoms with Gasteiger partial charge < -0.3 is 5.11 Å². The molecular formula is C14H15NO2. The fourth-order valence-corrected chi connectivity index (χ4v) is 2.88. The van der Waals surface area contributed by atoms with Crippen LogP contribution in [0.3, 0.4) is 0 Å². The summed E-state index contributed by atoms with van der Waals surface area (Å²) in [5.74, 6) is -0.638. The van der Waals surface area contributed by atoms with Gasteiger partial charge in [-0.3, -0.25) is 9.79 Å². The number of aliphatic carboxylic acids is 1. The van der Waals surface area contributed by atoms with Crippen LogP contribution in [0.1, 0.15) is 17.5 Å². The Morgan fingerprint density at radius 2 is 2.06 bits per heavy atom. The van der Waals surface area contributed by atoms with E-state index in [0.29, 0.717) is 12.5 Å². The van der Waals surface area contributed by atoms with Gasteiger partial charge in [0.25, 0.3) is 0 Å². The highest BCUT2D eigenvalue weighted by molar-refractivity contribution is 5.92. The van der Waals surface area contributed by atoms with Gasteiger partial charge in [0.1, 0.15) is 0 Å². The summed E-state index contributed by atoms with van der Waals surface area (Å²) in [7, 11) is 0. The van der Waals surface area contributed by atoms with Crippen molar-refractivity contribution >= 4 is 11.7 Å². The van der Waals surface area contributed by atoms with Gasteiger partial charge in [-0.2, -0.15) is 0 Å². The summed E-state index contributed by atoms with van der Waals surface area (Å²) >= 11 is 0. The van der Waals surface area contributed by atoms with E-state index in [1.54, 1.807) is 0 Å². The van der Waals surface area contributed by atoms with E-state index < -0.39 is 5.97 Å². The molecule has 3 nitrogen and oxygen atoms in total. The maximum absolute atomic E-state index is 11.0. The summed E-state index contributed by atoms with van der Waals surface area (Å²) in [4.78, 5) is 15.5. The van der Waals surface area contributed by atoms with Crippen LogP contribution in [0.5, 0.6) is 0 Å². The maximum atomic E-state index is 11.0. The number of carboxylic acid groups (broad SMARTS) is 1. The van der Waals surface area contributed by atoms with Crippen molar-refractivity contribution in [3.05, 3.63) is 35.4 Å². The molecule has 0 radical (unpaired) electrons. The van der Waals surface area contributed by atoms with Crippen molar-refractivity contribution < 1.29 is 9.90 Å². The molecule has 88 valence electrons. The third-order valence-corrected chi connectivity index (χ3v) is 3.86. The van der Waals surface area contributed by atoms with Gasteiger partial charge in [-0.15, -0.1) is 0 Å². The molecule has 2 aliphatic rings. The van der Waals surface area contributed by atoms with Crippen LogP contribution >= 0.6 is 0 Å². The topological polar surface area (TPSA) is 49.7 Å². The molecule has 1 N–H and O–H groups in total. The lowest BCUT2D eigenvalue weighted by atomic mass is 9.76. The van der Waals surface area contributed by atoms with E-state index in [1.807, 2.05) is 0 Å². The molecule has 3 rings (SSSR count). The summed E-state index contributed by atoms with van der Waals surface area (Å²) in [6, 6.07) is 8.41. The molecule has 2 unspecified atom stereocenters. The van der Waals surface area contributed by atoms with Crippen LogP contribution in [-0.4, -0.2) is 23.3 Å². The van der Waals surface area contributed by atoms with Gasteiger partial charge in [-0.25, -0.2) is 0 Å². The number of hydrogen-bond donors (Lipinski definition) is 1. The fraction of sp³-hybridized carbons (Fsp3) is 0.429. The van der Waals surface area contributed by atoms with Gasteiger partial charge in [0.15, 0.2) is 0 Å². The second-order valence-electron chi connectivity index (χ2n) is 4.95. The molecular weight excluding hydrogens is 214 g/mol. The van der Waals surface area contributed by atoms with Crippen molar-refractivity contribution in [1.29, 1.82) is 0 Å². The minimum absolute atomic E-state index is 0.283. The molecule has 0 spiro atoms. The smallest absolute Gasteiger partial charge is 0.308 e. The highest BCUT2D eigenvalue weighted by Gasteiger charge is 2.32. The zero-order valence-corrected chi connectivity index (χ0v) is 9.60. The molecule has 0 amide bonds. The van der Waals surface area contributed by atoms with E-state index in [1.165, 1.54) is 16.8 Å². The summed E-state index contributed by atoms with van der Waals surface area (Å²) in [6.07, 6.45) is 2.62. The molecule has 0 bridgehead atoms. The quantitative estimate of drug-likeness (QED) is 0.800. The Morgan fingerprint density at radius 1 is 1.29 bits per heavy atom. The molecule has 0 fully saturated rings. The van der Waals surface area contributed by atoms with E-state index >= 15 is 0 Å². The van der Waals surface area contributed by atoms with Gasteiger partial charge in [0.2, 0.25) is 0 Å². The third-order valence-electron chi connectivity index (χ3n) is 3.86. The molecule has 1 heterocycles. The Morgan fingerprint density at radius 3 is 2.82 bits per heavy atom. The van der Waals surface area contributed by atoms with Crippen LogP contribution in [0.25, 0.3) is 0 Å². The van der Waals surface area contributed by atoms with Crippen molar-refractivity contribution in [1.82, 2.24) is 0 Å². The summed E-state index contributed by atoms with van der Waals surface area (Å²) in [5.41, 5.74) is 3.93. The van der Waals surface area contributed by atoms with Gasteiger partial charge in [0.05, 0.1) is 12.5 Å². The predicted molar refractivity (Wildman–Crippen MR) is 65.4 cm³/mol. The van der Waals surface area contributed by atoms with Crippen LogP contribution < -0.4 is 0 Å². The molecule has 1 aromatic carbocycles. The summed E-state index contributed by atoms with van der Waals surface area (Å²) in [5, 5.41) is 9.05. The number of carbonyl (C=O) groups is 1. The highest BCUT2D eigenvalue weighted by atomic mass is 16.4. The van der Waals surface area contributed by atoms with Crippen molar-refractivity contribution in [3.8, 4) is 0 Å². The first-order chi connectivity index (χ1) is 8.24. The number of fused-ring (bicyclic) bond motifs is 2. The summed E-state index contributed by atoms with van der Waals surface area (Å²) in [6.45, 7) is 0.462. The molecule has 0 saturated carbocycles. The Bertz CT molecular complexity index is 493. The zero-order valence-electron chi connectivity index (χ0n) is 9.60. The lowest BCUT2D eigenvalue weighted by Crippen LogP contribution is -2.35. The van der Waals surface area contributed by atoms with E-state index in [0.717, 1.165) is 19.3 Å². The molecule has 3 heteroatoms. The third kappa shape index (κ3) is 1.86. The Hall–Kier alpha value is -1.64. The first-order valence-electron chi connectivity index (χ1n) is 6.07. The largest absolute Gasteiger partial charge is 0.481 e. The Labute approximate surface area is 100 Å². The average Bonchev–Trinajstić information content (AvgIpc) is 2.35. The van der Waals surface area contributed by atoms with Gasteiger partial charge in [-0.05, 0) is 24.0 Å². The number of carboxylic acids is 1. The number of benzene rings is 1. The Balaban J connectivity index is 1.88. The minimum atomic E-state index is -0.702. The summed E-state index contributed by atoms with van der Waals surface area (Å²) < 4.78 is 0. The lowest BCUT2D eigenvalue weighted by Gasteiger charge is -2.31. The molecule has 2 atom stereocenters. The zero-order chi connectivity index (χ0) is 11.8. The van der Waals surface area contributed by atoms with Crippen molar-refractivity contribution in [3.63, 3.8) is 0 Å². The highest BCUT2D eigenvalue weighted by Crippen LogP contribution is 2.31. The molecule has 17 heavy (non-hydrogen) atoms. The van der Waals surface area contributed by atoms with Gasteiger partial charge >= 0.3 is 5.97 Å². The SMILES string of the molecule is O=C(O)C1CN=C2Cc3ccccc3CC2C1. The van der Waals surface area contributed by atoms with Crippen LogP contribution in [0.15, 0.2) is 29.3 Å². The first-order valence-corrected chi connectivity index (χ1v) is 6.07. The minimum Gasteiger partial charge on any atom is -0.481 e. The second kappa shape index (κ2) is 3.99. The monoisotopic (exact) mass is 229 g/mol. The van der Waals surface area contributed by atoms with E-state index in [4.69, 9.17) is 5.11 Å². The average molecular weight is 229 g/mol. The van der Waals surface area contributed by atoms with E-state index in [9.17, 15) is 4.79 Å². The van der Waals surface area contributed by atoms with Gasteiger partial charge in [0, 0.05) is 18.1 Å². The van der Waals surface area contributed by atoms with Crippen molar-refractivity contribution in [2.75, 3.05) is 6.54 Å². The molecule has 1 aliphatic heterocycles. The number of hydrogen-bond acceptors (Lipinski definition) is 2. The molecule has 1 aliphatic carbocycles. The van der Waals surface area contributed by atoms with Crippen LogP contribution in [-0.2, 0) is 17.6 Å². The van der Waals surface area contributed by atoms with Gasteiger partial charge in [-0.1, -0.05) is 24.3 Å². The number of aliphatic imine (C=N–C) groups is 1.